The van der Waals surface area contributed by atoms with Crippen molar-refractivity contribution < 1.29 is 17.5 Å². The maximum atomic E-state index is 10.4. The van der Waals surface area contributed by atoms with Gasteiger partial charge in [0, 0.05) is 18.6 Å². The van der Waals surface area contributed by atoms with Crippen molar-refractivity contribution in [3.05, 3.63) is 60.4 Å². The summed E-state index contributed by atoms with van der Waals surface area (Å²) in [7, 11) is -4.27. The summed E-state index contributed by atoms with van der Waals surface area (Å²) in [6.07, 6.45) is 14.0. The van der Waals surface area contributed by atoms with Gasteiger partial charge in [0.25, 0.3) is 0 Å². The van der Waals surface area contributed by atoms with E-state index in [-0.39, 0.29) is 4.90 Å². The average molecular weight is 378 g/mol. The number of nitrogens with zero attached hydrogens (tertiary/aromatic N) is 1. The summed E-state index contributed by atoms with van der Waals surface area (Å²) < 4.78 is 33.4. The Bertz CT molecular complexity index is 698. The number of aryl methyl sites for hydroxylation is 2. The third-order valence-corrected chi connectivity index (χ3v) is 4.96. The fourth-order valence-corrected chi connectivity index (χ4v) is 3.01. The summed E-state index contributed by atoms with van der Waals surface area (Å²) in [6, 6.07) is 12.1. The van der Waals surface area contributed by atoms with Crippen LogP contribution in [0.2, 0.25) is 0 Å². The molecule has 0 aliphatic heterocycles. The Morgan fingerprint density at radius 3 is 1.92 bits per heavy atom. The average Bonchev–Trinajstić information content (AvgIpc) is 2.62. The molecule has 2 rings (SSSR count). The summed E-state index contributed by atoms with van der Waals surface area (Å²) in [5.41, 5.74) is 0.928. The third kappa shape index (κ3) is 10.3. The second-order valence-corrected chi connectivity index (χ2v) is 7.88. The molecule has 0 spiro atoms. The molecule has 5 heteroatoms. The first-order valence-electron chi connectivity index (χ1n) is 9.40. The molecule has 0 aliphatic rings. The van der Waals surface area contributed by atoms with Gasteiger partial charge in [0.1, 0.15) is 16.7 Å². The molecule has 0 unspecified atom stereocenters. The van der Waals surface area contributed by atoms with Crippen LogP contribution in [0.1, 0.15) is 57.4 Å². The summed E-state index contributed by atoms with van der Waals surface area (Å²) in [4.78, 5) is -0.178. The van der Waals surface area contributed by atoms with Crippen molar-refractivity contribution in [2.45, 2.75) is 70.2 Å². The van der Waals surface area contributed by atoms with Gasteiger partial charge < -0.3 is 4.55 Å². The van der Waals surface area contributed by atoms with E-state index in [9.17, 15) is 13.0 Å². The topological polar surface area (TPSA) is 61.1 Å². The van der Waals surface area contributed by atoms with Crippen molar-refractivity contribution in [3.8, 4) is 0 Å². The van der Waals surface area contributed by atoms with E-state index in [0.29, 0.717) is 0 Å². The molecule has 2 aromatic rings. The van der Waals surface area contributed by atoms with E-state index in [4.69, 9.17) is 0 Å². The second kappa shape index (κ2) is 12.6. The molecule has 144 valence electrons. The molecule has 0 radical (unpaired) electrons. The fraction of sp³-hybridized carbons (Fsp3) is 0.476. The number of aromatic nitrogens is 1. The number of rotatable bonds is 9. The Labute approximate surface area is 158 Å². The predicted octanol–water partition coefficient (Wildman–Crippen LogP) is 4.62. The summed E-state index contributed by atoms with van der Waals surface area (Å²) in [6.45, 7) is 5.27. The predicted molar refractivity (Wildman–Crippen MR) is 104 cm³/mol. The van der Waals surface area contributed by atoms with Crippen LogP contribution >= 0.6 is 0 Å². The summed E-state index contributed by atoms with van der Waals surface area (Å²) >= 11 is 0. The normalized spacial score (nSPS) is 10.9. The molecule has 1 aromatic carbocycles. The van der Waals surface area contributed by atoms with Crippen molar-refractivity contribution in [3.63, 3.8) is 0 Å². The molecule has 0 amide bonds. The Morgan fingerprint density at radius 2 is 1.38 bits per heavy atom. The lowest BCUT2D eigenvalue weighted by molar-refractivity contribution is -0.697. The first-order valence-corrected chi connectivity index (χ1v) is 10.8. The van der Waals surface area contributed by atoms with Gasteiger partial charge in [-0.25, -0.2) is 13.0 Å². The summed E-state index contributed by atoms with van der Waals surface area (Å²) in [5, 5.41) is 0. The van der Waals surface area contributed by atoms with E-state index in [2.05, 4.69) is 42.1 Å². The molecule has 0 aliphatic carbocycles. The quantitative estimate of drug-likeness (QED) is 0.364. The van der Waals surface area contributed by atoms with Gasteiger partial charge in [-0.3, -0.25) is 0 Å². The van der Waals surface area contributed by atoms with Gasteiger partial charge in [-0.05, 0) is 25.5 Å². The van der Waals surface area contributed by atoms with Gasteiger partial charge in [-0.15, -0.1) is 0 Å². The minimum Gasteiger partial charge on any atom is -0.744 e. The molecule has 0 fully saturated rings. The largest absolute Gasteiger partial charge is 0.744 e. The Hall–Kier alpha value is -1.72. The molecule has 1 heterocycles. The van der Waals surface area contributed by atoms with Crippen LogP contribution in [0.4, 0.5) is 0 Å². The standard InChI is InChI=1S/C14H24N.C7H8O3S/c1-2-3-4-5-6-7-9-12-15-13-10-8-11-14-15;1-6-2-4-7(5-3-6)11(8,9)10/h8,10-11,13-14H,2-7,9,12H2,1H3;2-5H,1H3,(H,8,9,10)/q+1;/p-1. The molecule has 0 bridgehead atoms. The number of hydrogen-bond acceptors (Lipinski definition) is 3. The van der Waals surface area contributed by atoms with E-state index in [0.717, 1.165) is 5.56 Å². The Balaban J connectivity index is 0.000000273. The van der Waals surface area contributed by atoms with Gasteiger partial charge in [-0.2, -0.15) is 0 Å². The highest BCUT2D eigenvalue weighted by Crippen LogP contribution is 2.08. The van der Waals surface area contributed by atoms with Crippen molar-refractivity contribution in [1.29, 1.82) is 0 Å². The minimum absolute atomic E-state index is 0.178. The van der Waals surface area contributed by atoms with Gasteiger partial charge in [0.2, 0.25) is 0 Å². The van der Waals surface area contributed by atoms with E-state index < -0.39 is 10.1 Å². The molecule has 0 saturated heterocycles. The van der Waals surface area contributed by atoms with Crippen LogP contribution in [0.5, 0.6) is 0 Å². The fourth-order valence-electron chi connectivity index (χ4n) is 2.54. The Morgan fingerprint density at radius 1 is 0.846 bits per heavy atom. The monoisotopic (exact) mass is 377 g/mol. The second-order valence-electron chi connectivity index (χ2n) is 6.50. The van der Waals surface area contributed by atoms with Crippen molar-refractivity contribution >= 4 is 10.1 Å². The van der Waals surface area contributed by atoms with Crippen LogP contribution < -0.4 is 4.57 Å². The number of unbranched alkanes of at least 4 members (excludes halogenated alkanes) is 6. The molecular weight excluding hydrogens is 346 g/mol. The van der Waals surface area contributed by atoms with E-state index in [1.54, 1.807) is 12.1 Å². The van der Waals surface area contributed by atoms with E-state index >= 15 is 0 Å². The first kappa shape index (κ1) is 22.3. The lowest BCUT2D eigenvalue weighted by atomic mass is 10.1. The van der Waals surface area contributed by atoms with Gasteiger partial charge in [0.15, 0.2) is 12.4 Å². The van der Waals surface area contributed by atoms with Crippen LogP contribution in [0, 0.1) is 6.92 Å². The van der Waals surface area contributed by atoms with Crippen molar-refractivity contribution in [2.24, 2.45) is 0 Å². The summed E-state index contributed by atoms with van der Waals surface area (Å²) in [5.74, 6) is 0. The number of benzene rings is 1. The smallest absolute Gasteiger partial charge is 0.168 e. The highest BCUT2D eigenvalue weighted by atomic mass is 32.2. The molecule has 1 aromatic heterocycles. The van der Waals surface area contributed by atoms with Gasteiger partial charge in [-0.1, -0.05) is 62.8 Å². The highest BCUT2D eigenvalue weighted by Gasteiger charge is 1.98. The third-order valence-electron chi connectivity index (χ3n) is 4.11. The molecule has 0 N–H and O–H groups in total. The molecule has 4 nitrogen and oxygen atoms in total. The van der Waals surface area contributed by atoms with Crippen LogP contribution in [-0.4, -0.2) is 13.0 Å². The minimum atomic E-state index is -4.27. The first-order chi connectivity index (χ1) is 12.4. The Kier molecular flexibility index (Phi) is 10.8. The zero-order valence-corrected chi connectivity index (χ0v) is 16.7. The molecule has 26 heavy (non-hydrogen) atoms. The molecule has 0 saturated carbocycles. The lowest BCUT2D eigenvalue weighted by Gasteiger charge is -2.05. The molecule has 0 atom stereocenters. The zero-order valence-electron chi connectivity index (χ0n) is 15.9. The maximum Gasteiger partial charge on any atom is 0.168 e. The van der Waals surface area contributed by atoms with Crippen LogP contribution in [0.25, 0.3) is 0 Å². The van der Waals surface area contributed by atoms with E-state index in [1.807, 2.05) is 6.92 Å². The zero-order chi connectivity index (χ0) is 19.3. The lowest BCUT2D eigenvalue weighted by Crippen LogP contribution is -2.32. The van der Waals surface area contributed by atoms with Crippen LogP contribution in [-0.2, 0) is 16.7 Å². The number of hydrogen-bond donors (Lipinski definition) is 0. The highest BCUT2D eigenvalue weighted by molar-refractivity contribution is 7.85. The number of pyridine rings is 1. The van der Waals surface area contributed by atoms with Crippen LogP contribution in [0.3, 0.4) is 0 Å². The molecular formula is C21H31NO3S. The van der Waals surface area contributed by atoms with Gasteiger partial charge >= 0.3 is 0 Å². The SMILES string of the molecule is CCCCCCCCC[n+]1ccccc1.Cc1ccc(S(=O)(=O)[O-])cc1. The van der Waals surface area contributed by atoms with Crippen molar-refractivity contribution in [1.82, 2.24) is 0 Å². The van der Waals surface area contributed by atoms with Gasteiger partial charge in [0.05, 0.1) is 4.90 Å². The maximum absolute atomic E-state index is 10.4. The van der Waals surface area contributed by atoms with Crippen LogP contribution in [0.15, 0.2) is 59.8 Å². The van der Waals surface area contributed by atoms with E-state index in [1.165, 1.54) is 63.6 Å². The van der Waals surface area contributed by atoms with Crippen molar-refractivity contribution in [2.75, 3.05) is 0 Å².